The highest BCUT2D eigenvalue weighted by Crippen LogP contribution is 1.97. The molecule has 0 aromatic rings. The Kier molecular flexibility index (Phi) is 10.8. The molecule has 0 aliphatic carbocycles. The van der Waals surface area contributed by atoms with Gasteiger partial charge in [-0.3, -0.25) is 4.18 Å². The first-order valence-corrected chi connectivity index (χ1v) is 6.93. The molecule has 0 fully saturated rings. The fourth-order valence-corrected chi connectivity index (χ4v) is 1.47. The first-order valence-electron chi connectivity index (χ1n) is 5.57. The van der Waals surface area contributed by atoms with Gasteiger partial charge in [-0.15, -0.1) is 0 Å². The molecule has 0 rings (SSSR count). The molecule has 7 heteroatoms. The third kappa shape index (κ3) is 9.15. The molecule has 0 aliphatic heterocycles. The fraction of sp³-hybridized carbons (Fsp3) is 0.727. The summed E-state index contributed by atoms with van der Waals surface area (Å²) in [6.07, 6.45) is 0.791. The van der Waals surface area contributed by atoms with Crippen molar-refractivity contribution in [3.8, 4) is 0 Å². The third-order valence-corrected chi connectivity index (χ3v) is 3.12. The van der Waals surface area contributed by atoms with Crippen LogP contribution in [-0.4, -0.2) is 46.0 Å². The number of esters is 1. The van der Waals surface area contributed by atoms with Crippen molar-refractivity contribution in [2.75, 3.05) is 27.3 Å². The molecule has 0 heterocycles. The Hall–Kier alpha value is -0.920. The lowest BCUT2D eigenvalue weighted by Crippen LogP contribution is -2.28. The molecule has 0 aromatic carbocycles. The van der Waals surface area contributed by atoms with Crippen LogP contribution in [0, 0.1) is 0 Å². The summed E-state index contributed by atoms with van der Waals surface area (Å²) in [4.78, 5) is 10.4. The zero-order valence-electron chi connectivity index (χ0n) is 11.7. The van der Waals surface area contributed by atoms with Crippen LogP contribution in [0.1, 0.15) is 27.2 Å². The number of nitrogens with zero attached hydrogens (tertiary/aromatic N) is 1. The van der Waals surface area contributed by atoms with Crippen molar-refractivity contribution >= 4 is 16.3 Å². The Morgan fingerprint density at radius 1 is 1.33 bits per heavy atom. The molecule has 0 unspecified atom stereocenters. The Bertz CT molecular complexity index is 350. The monoisotopic (exact) mass is 281 g/mol. The largest absolute Gasteiger partial charge is 0.463 e. The maximum absolute atomic E-state index is 10.8. The smallest absolute Gasteiger partial charge is 0.337 e. The zero-order valence-corrected chi connectivity index (χ0v) is 12.5. The first kappa shape index (κ1) is 19.4. The van der Waals surface area contributed by atoms with Gasteiger partial charge in [-0.2, -0.15) is 12.7 Å². The SMILES string of the molecule is C=C(C)C(=O)OCC.CCCN(C)S(=O)(=O)OC. The average Bonchev–Trinajstić information content (AvgIpc) is 2.30. The number of carbonyl (C=O) groups is 1. The van der Waals surface area contributed by atoms with Crippen LogP contribution < -0.4 is 0 Å². The van der Waals surface area contributed by atoms with Crippen molar-refractivity contribution in [2.24, 2.45) is 0 Å². The minimum absolute atomic E-state index is 0.312. The van der Waals surface area contributed by atoms with Crippen LogP contribution in [0.5, 0.6) is 0 Å². The molecule has 0 bridgehead atoms. The summed E-state index contributed by atoms with van der Waals surface area (Å²) in [6, 6.07) is 0. The maximum Gasteiger partial charge on any atom is 0.337 e. The van der Waals surface area contributed by atoms with Gasteiger partial charge in [0.15, 0.2) is 0 Å². The maximum atomic E-state index is 10.8. The lowest BCUT2D eigenvalue weighted by Gasteiger charge is -2.12. The van der Waals surface area contributed by atoms with E-state index in [0.717, 1.165) is 13.5 Å². The highest BCUT2D eigenvalue weighted by molar-refractivity contribution is 7.84. The summed E-state index contributed by atoms with van der Waals surface area (Å²) in [6.45, 7) is 9.61. The van der Waals surface area contributed by atoms with Crippen LogP contribution >= 0.6 is 0 Å². The van der Waals surface area contributed by atoms with Crippen molar-refractivity contribution in [1.82, 2.24) is 4.31 Å². The van der Waals surface area contributed by atoms with Gasteiger partial charge in [-0.05, 0) is 20.3 Å². The molecule has 0 aliphatic rings. The van der Waals surface area contributed by atoms with Crippen LogP contribution in [0.25, 0.3) is 0 Å². The zero-order chi connectivity index (χ0) is 14.8. The summed E-state index contributed by atoms with van der Waals surface area (Å²) >= 11 is 0. The van der Waals surface area contributed by atoms with Crippen LogP contribution in [0.15, 0.2) is 12.2 Å². The van der Waals surface area contributed by atoms with E-state index in [9.17, 15) is 13.2 Å². The van der Waals surface area contributed by atoms with Gasteiger partial charge in [-0.25, -0.2) is 4.79 Å². The summed E-state index contributed by atoms with van der Waals surface area (Å²) < 4.78 is 31.6. The van der Waals surface area contributed by atoms with Crippen LogP contribution in [-0.2, 0) is 24.0 Å². The quantitative estimate of drug-likeness (QED) is 0.542. The van der Waals surface area contributed by atoms with E-state index in [2.05, 4.69) is 15.5 Å². The molecular weight excluding hydrogens is 258 g/mol. The van der Waals surface area contributed by atoms with Gasteiger partial charge >= 0.3 is 16.3 Å². The van der Waals surface area contributed by atoms with E-state index in [4.69, 9.17) is 0 Å². The number of hydrogen-bond acceptors (Lipinski definition) is 5. The number of rotatable bonds is 6. The van der Waals surface area contributed by atoms with Crippen LogP contribution in [0.4, 0.5) is 0 Å². The van der Waals surface area contributed by atoms with Gasteiger partial charge in [0.2, 0.25) is 0 Å². The molecule has 0 saturated carbocycles. The first-order chi connectivity index (χ1) is 8.22. The predicted molar refractivity (Wildman–Crippen MR) is 70.3 cm³/mol. The van der Waals surface area contributed by atoms with E-state index < -0.39 is 10.3 Å². The van der Waals surface area contributed by atoms with Crippen LogP contribution in [0.2, 0.25) is 0 Å². The molecule has 0 radical (unpaired) electrons. The second kappa shape index (κ2) is 10.0. The van der Waals surface area contributed by atoms with E-state index in [1.807, 2.05) is 6.92 Å². The van der Waals surface area contributed by atoms with E-state index >= 15 is 0 Å². The molecule has 0 amide bonds. The highest BCUT2D eigenvalue weighted by atomic mass is 32.2. The minimum Gasteiger partial charge on any atom is -0.463 e. The predicted octanol–water partition coefficient (Wildman–Crippen LogP) is 1.34. The Labute approximate surface area is 110 Å². The summed E-state index contributed by atoms with van der Waals surface area (Å²) in [5.41, 5.74) is 0.451. The summed E-state index contributed by atoms with van der Waals surface area (Å²) in [5, 5.41) is 0. The Morgan fingerprint density at radius 2 is 1.83 bits per heavy atom. The minimum atomic E-state index is -3.43. The number of ether oxygens (including phenoxy) is 1. The van der Waals surface area contributed by atoms with Gasteiger partial charge in [0, 0.05) is 19.2 Å². The fourth-order valence-electron chi connectivity index (χ4n) is 0.808. The van der Waals surface area contributed by atoms with Crippen LogP contribution in [0.3, 0.4) is 0 Å². The standard InChI is InChI=1S/C6H10O2.C5H13NO3S/c1-4-8-6(7)5(2)3;1-4-5-6(2)10(7,8)9-3/h2,4H2,1,3H3;4-5H2,1-3H3. The van der Waals surface area contributed by atoms with Crippen molar-refractivity contribution in [3.63, 3.8) is 0 Å². The van der Waals surface area contributed by atoms with E-state index in [0.29, 0.717) is 18.7 Å². The highest BCUT2D eigenvalue weighted by Gasteiger charge is 2.14. The normalized spacial score (nSPS) is 10.6. The number of carbonyl (C=O) groups excluding carboxylic acids is 1. The average molecular weight is 281 g/mol. The van der Waals surface area contributed by atoms with E-state index in [-0.39, 0.29) is 5.97 Å². The van der Waals surface area contributed by atoms with Crippen molar-refractivity contribution in [3.05, 3.63) is 12.2 Å². The molecule has 108 valence electrons. The molecule has 0 saturated heterocycles. The van der Waals surface area contributed by atoms with Crippen molar-refractivity contribution in [2.45, 2.75) is 27.2 Å². The van der Waals surface area contributed by atoms with Gasteiger partial charge in [0.1, 0.15) is 0 Å². The van der Waals surface area contributed by atoms with Gasteiger partial charge in [0.05, 0.1) is 13.7 Å². The Morgan fingerprint density at radius 3 is 2.06 bits per heavy atom. The number of hydrogen-bond donors (Lipinski definition) is 0. The molecule has 0 atom stereocenters. The molecular formula is C11H23NO5S. The second-order valence-corrected chi connectivity index (χ2v) is 5.26. The molecule has 0 N–H and O–H groups in total. The lowest BCUT2D eigenvalue weighted by molar-refractivity contribution is -0.138. The van der Waals surface area contributed by atoms with Gasteiger partial charge in [-0.1, -0.05) is 13.5 Å². The second-order valence-electron chi connectivity index (χ2n) is 3.45. The van der Waals surface area contributed by atoms with Crippen molar-refractivity contribution in [1.29, 1.82) is 0 Å². The van der Waals surface area contributed by atoms with Gasteiger partial charge in [0.25, 0.3) is 0 Å². The molecule has 6 nitrogen and oxygen atoms in total. The summed E-state index contributed by atoms with van der Waals surface area (Å²) in [5.74, 6) is -0.312. The van der Waals surface area contributed by atoms with E-state index in [1.165, 1.54) is 11.4 Å². The topological polar surface area (TPSA) is 72.9 Å². The molecule has 18 heavy (non-hydrogen) atoms. The molecule has 0 spiro atoms. The molecule has 0 aromatic heterocycles. The van der Waals surface area contributed by atoms with E-state index in [1.54, 1.807) is 13.8 Å². The summed E-state index contributed by atoms with van der Waals surface area (Å²) in [7, 11) is -0.784. The lowest BCUT2D eigenvalue weighted by atomic mass is 10.4. The Balaban J connectivity index is 0. The van der Waals surface area contributed by atoms with Crippen molar-refractivity contribution < 1.29 is 22.1 Å². The van der Waals surface area contributed by atoms with Gasteiger partial charge < -0.3 is 4.74 Å². The third-order valence-electron chi connectivity index (χ3n) is 1.75.